The summed E-state index contributed by atoms with van der Waals surface area (Å²) in [6.07, 6.45) is 2.87. The molecule has 0 bridgehead atoms. The molecule has 0 unspecified atom stereocenters. The van der Waals surface area contributed by atoms with Gasteiger partial charge in [0.05, 0.1) is 18.7 Å². The summed E-state index contributed by atoms with van der Waals surface area (Å²) < 4.78 is 34.6. The molecule has 0 atom stereocenters. The Morgan fingerprint density at radius 3 is 2.77 bits per heavy atom. The van der Waals surface area contributed by atoms with E-state index >= 15 is 0 Å². The molecule has 1 aromatic carbocycles. The van der Waals surface area contributed by atoms with E-state index in [1.807, 2.05) is 0 Å². The maximum Gasteiger partial charge on any atom is 0.353 e. The number of carboxylic acid groups (broad SMARTS) is 1. The SMILES string of the molecule is COc1ncccc1-c1c(C(=O)O)n(Cc2cc(F)ccc2F)c2ncc(Cl)cc12. The molecule has 4 rings (SSSR count). The number of carbonyl (C=O) groups is 1. The summed E-state index contributed by atoms with van der Waals surface area (Å²) in [6, 6.07) is 7.86. The normalized spacial score (nSPS) is 11.1. The van der Waals surface area contributed by atoms with E-state index in [2.05, 4.69) is 9.97 Å². The van der Waals surface area contributed by atoms with E-state index in [1.54, 1.807) is 18.2 Å². The predicted octanol–water partition coefficient (Wildman–Crippen LogP) is 4.79. The van der Waals surface area contributed by atoms with E-state index in [0.29, 0.717) is 10.9 Å². The number of pyridine rings is 2. The number of fused-ring (bicyclic) bond motifs is 1. The number of aromatic carboxylic acids is 1. The molecule has 0 amide bonds. The number of halogens is 3. The number of ether oxygens (including phenoxy) is 1. The summed E-state index contributed by atoms with van der Waals surface area (Å²) in [7, 11) is 1.42. The standard InChI is InChI=1S/C21H14ClF2N3O3/c1-30-20-14(3-2-6-25-20)17-15-8-12(22)9-26-19(15)27(18(17)21(28)29)10-11-7-13(23)4-5-16(11)24/h2-9H,10H2,1H3,(H,28,29). The van der Waals surface area contributed by atoms with Gasteiger partial charge in [0.15, 0.2) is 0 Å². The van der Waals surface area contributed by atoms with Crippen LogP contribution in [0.1, 0.15) is 16.1 Å². The molecule has 0 aliphatic rings. The fourth-order valence-corrected chi connectivity index (χ4v) is 3.58. The molecule has 6 nitrogen and oxygen atoms in total. The highest BCUT2D eigenvalue weighted by Crippen LogP contribution is 2.39. The largest absolute Gasteiger partial charge is 0.481 e. The van der Waals surface area contributed by atoms with Gasteiger partial charge in [-0.15, -0.1) is 0 Å². The van der Waals surface area contributed by atoms with Crippen LogP contribution in [0.5, 0.6) is 5.88 Å². The van der Waals surface area contributed by atoms with Crippen molar-refractivity contribution in [3.05, 3.63) is 76.7 Å². The van der Waals surface area contributed by atoms with Crippen LogP contribution in [-0.4, -0.2) is 32.7 Å². The van der Waals surface area contributed by atoms with Crippen molar-refractivity contribution in [2.24, 2.45) is 0 Å². The van der Waals surface area contributed by atoms with E-state index in [-0.39, 0.29) is 39.9 Å². The average Bonchev–Trinajstić information content (AvgIpc) is 3.04. The molecule has 0 saturated carbocycles. The molecule has 3 heterocycles. The molecule has 3 aromatic heterocycles. The van der Waals surface area contributed by atoms with Gasteiger partial charge in [0.2, 0.25) is 5.88 Å². The molecule has 0 radical (unpaired) electrons. The van der Waals surface area contributed by atoms with Gasteiger partial charge >= 0.3 is 5.97 Å². The van der Waals surface area contributed by atoms with Crippen molar-refractivity contribution in [1.82, 2.24) is 14.5 Å². The van der Waals surface area contributed by atoms with Crippen molar-refractivity contribution in [3.8, 4) is 17.0 Å². The Morgan fingerprint density at radius 1 is 1.23 bits per heavy atom. The van der Waals surface area contributed by atoms with Crippen LogP contribution < -0.4 is 4.74 Å². The third-order valence-electron chi connectivity index (χ3n) is 4.64. The Labute approximate surface area is 174 Å². The second-order valence-corrected chi connectivity index (χ2v) is 6.87. The van der Waals surface area contributed by atoms with Gasteiger partial charge in [0.25, 0.3) is 0 Å². The molecule has 0 fully saturated rings. The molecule has 0 aliphatic carbocycles. The minimum Gasteiger partial charge on any atom is -0.481 e. The van der Waals surface area contributed by atoms with Crippen LogP contribution in [0, 0.1) is 11.6 Å². The molecule has 9 heteroatoms. The predicted molar refractivity (Wildman–Crippen MR) is 107 cm³/mol. The number of methoxy groups -OCH3 is 1. The highest BCUT2D eigenvalue weighted by atomic mass is 35.5. The van der Waals surface area contributed by atoms with Crippen molar-refractivity contribution in [2.45, 2.75) is 6.54 Å². The third-order valence-corrected chi connectivity index (χ3v) is 4.84. The number of hydrogen-bond acceptors (Lipinski definition) is 4. The van der Waals surface area contributed by atoms with Gasteiger partial charge < -0.3 is 14.4 Å². The maximum atomic E-state index is 14.3. The Bertz CT molecular complexity index is 1290. The first-order valence-electron chi connectivity index (χ1n) is 8.75. The highest BCUT2D eigenvalue weighted by molar-refractivity contribution is 6.31. The van der Waals surface area contributed by atoms with Crippen molar-refractivity contribution >= 4 is 28.6 Å². The fraction of sp³-hybridized carbons (Fsp3) is 0.0952. The second kappa shape index (κ2) is 7.72. The molecular weight excluding hydrogens is 416 g/mol. The van der Waals surface area contributed by atoms with Crippen LogP contribution >= 0.6 is 11.6 Å². The lowest BCUT2D eigenvalue weighted by atomic mass is 10.0. The van der Waals surface area contributed by atoms with Gasteiger partial charge in [-0.2, -0.15) is 0 Å². The van der Waals surface area contributed by atoms with E-state index < -0.39 is 17.6 Å². The monoisotopic (exact) mass is 429 g/mol. The van der Waals surface area contributed by atoms with Crippen molar-refractivity contribution in [3.63, 3.8) is 0 Å². The minimum absolute atomic E-state index is 0.0177. The number of rotatable bonds is 5. The van der Waals surface area contributed by atoms with E-state index in [0.717, 1.165) is 18.2 Å². The van der Waals surface area contributed by atoms with Gasteiger partial charge in [-0.05, 0) is 36.4 Å². The van der Waals surface area contributed by atoms with E-state index in [9.17, 15) is 18.7 Å². The Balaban J connectivity index is 2.07. The van der Waals surface area contributed by atoms with Crippen LogP contribution in [0.25, 0.3) is 22.2 Å². The van der Waals surface area contributed by atoms with Crippen molar-refractivity contribution < 1.29 is 23.4 Å². The smallest absolute Gasteiger partial charge is 0.353 e. The fourth-order valence-electron chi connectivity index (χ4n) is 3.43. The van der Waals surface area contributed by atoms with Gasteiger partial charge in [0, 0.05) is 34.5 Å². The Kier molecular flexibility index (Phi) is 5.09. The zero-order chi connectivity index (χ0) is 21.4. The summed E-state index contributed by atoms with van der Waals surface area (Å²) in [6.45, 7) is -0.251. The van der Waals surface area contributed by atoms with Gasteiger partial charge in [0.1, 0.15) is 23.0 Å². The first kappa shape index (κ1) is 19.8. The van der Waals surface area contributed by atoms with Crippen LogP contribution in [0.2, 0.25) is 5.02 Å². The number of aromatic nitrogens is 3. The van der Waals surface area contributed by atoms with Crippen molar-refractivity contribution in [2.75, 3.05) is 7.11 Å². The zero-order valence-electron chi connectivity index (χ0n) is 15.6. The average molecular weight is 430 g/mol. The van der Waals surface area contributed by atoms with Gasteiger partial charge in [-0.25, -0.2) is 23.5 Å². The van der Waals surface area contributed by atoms with E-state index in [4.69, 9.17) is 16.3 Å². The molecule has 30 heavy (non-hydrogen) atoms. The quantitative estimate of drug-likeness (QED) is 0.494. The van der Waals surface area contributed by atoms with Gasteiger partial charge in [-0.1, -0.05) is 11.6 Å². The lowest BCUT2D eigenvalue weighted by Crippen LogP contribution is -2.12. The number of benzene rings is 1. The lowest BCUT2D eigenvalue weighted by molar-refractivity contribution is 0.0687. The summed E-state index contributed by atoms with van der Waals surface area (Å²) in [4.78, 5) is 20.7. The van der Waals surface area contributed by atoms with Gasteiger partial charge in [-0.3, -0.25) is 0 Å². The lowest BCUT2D eigenvalue weighted by Gasteiger charge is -2.11. The molecular formula is C21H14ClF2N3O3. The Hall–Kier alpha value is -3.52. The molecule has 0 saturated heterocycles. The molecule has 0 spiro atoms. The third kappa shape index (κ3) is 3.35. The molecule has 4 aromatic rings. The summed E-state index contributed by atoms with van der Waals surface area (Å²) in [5.41, 5.74) is 0.742. The zero-order valence-corrected chi connectivity index (χ0v) is 16.3. The Morgan fingerprint density at radius 2 is 2.03 bits per heavy atom. The van der Waals surface area contributed by atoms with Crippen LogP contribution in [-0.2, 0) is 6.54 Å². The highest BCUT2D eigenvalue weighted by Gasteiger charge is 2.27. The maximum absolute atomic E-state index is 14.3. The molecule has 152 valence electrons. The van der Waals surface area contributed by atoms with Crippen LogP contribution in [0.3, 0.4) is 0 Å². The van der Waals surface area contributed by atoms with Crippen LogP contribution in [0.15, 0.2) is 48.8 Å². The molecule has 0 aliphatic heterocycles. The number of nitrogens with zero attached hydrogens (tertiary/aromatic N) is 3. The first-order chi connectivity index (χ1) is 14.4. The van der Waals surface area contributed by atoms with Crippen LogP contribution in [0.4, 0.5) is 8.78 Å². The summed E-state index contributed by atoms with van der Waals surface area (Å²) in [5, 5.41) is 10.7. The minimum atomic E-state index is -1.28. The number of hydrogen-bond donors (Lipinski definition) is 1. The topological polar surface area (TPSA) is 77.2 Å². The second-order valence-electron chi connectivity index (χ2n) is 6.44. The number of carboxylic acids is 1. The van der Waals surface area contributed by atoms with Crippen molar-refractivity contribution in [1.29, 1.82) is 0 Å². The van der Waals surface area contributed by atoms with E-state index in [1.165, 1.54) is 24.1 Å². The summed E-state index contributed by atoms with van der Waals surface area (Å²) >= 11 is 6.12. The first-order valence-corrected chi connectivity index (χ1v) is 9.13. The summed E-state index contributed by atoms with van der Waals surface area (Å²) in [5.74, 6) is -2.37. The molecule has 1 N–H and O–H groups in total.